The van der Waals surface area contributed by atoms with Crippen LogP contribution in [0.3, 0.4) is 0 Å². The molecular formula is C22H27NO4. The van der Waals surface area contributed by atoms with Gasteiger partial charge >= 0.3 is 0 Å². The van der Waals surface area contributed by atoms with Crippen molar-refractivity contribution >= 4 is 0 Å². The van der Waals surface area contributed by atoms with Gasteiger partial charge in [-0.05, 0) is 48.9 Å². The largest absolute Gasteiger partial charge is 0.504 e. The monoisotopic (exact) mass is 369 g/mol. The van der Waals surface area contributed by atoms with E-state index in [2.05, 4.69) is 4.90 Å². The Kier molecular flexibility index (Phi) is 4.74. The molecule has 1 saturated carbocycles. The fourth-order valence-electron chi connectivity index (χ4n) is 5.00. The molecule has 0 aromatic heterocycles. The Hall–Kier alpha value is -2.24. The van der Waals surface area contributed by atoms with Crippen LogP contribution in [-0.4, -0.2) is 40.4 Å². The zero-order chi connectivity index (χ0) is 19.0. The van der Waals surface area contributed by atoms with Crippen LogP contribution in [0.2, 0.25) is 0 Å². The summed E-state index contributed by atoms with van der Waals surface area (Å²) in [6.45, 7) is 2.44. The summed E-state index contributed by atoms with van der Waals surface area (Å²) in [5, 5.41) is 31.0. The molecule has 2 fully saturated rings. The van der Waals surface area contributed by atoms with Crippen LogP contribution in [0.25, 0.3) is 0 Å². The number of likely N-dealkylation sites (tertiary alicyclic amines) is 1. The molecule has 1 aliphatic carbocycles. The molecule has 0 radical (unpaired) electrons. The molecule has 3 unspecified atom stereocenters. The predicted octanol–water partition coefficient (Wildman–Crippen LogP) is 3.23. The number of phenolic OH excluding ortho intramolecular Hbond substituents is 2. The summed E-state index contributed by atoms with van der Waals surface area (Å²) in [6.07, 6.45) is 2.88. The molecule has 1 aliphatic heterocycles. The van der Waals surface area contributed by atoms with Crippen molar-refractivity contribution in [3.05, 3.63) is 53.6 Å². The molecule has 5 nitrogen and oxygen atoms in total. The zero-order valence-corrected chi connectivity index (χ0v) is 15.6. The summed E-state index contributed by atoms with van der Waals surface area (Å²) >= 11 is 0. The molecule has 0 spiro atoms. The molecule has 5 heteroatoms. The van der Waals surface area contributed by atoms with E-state index in [4.69, 9.17) is 4.74 Å². The second-order valence-corrected chi connectivity index (χ2v) is 7.90. The number of hydrogen-bond donors (Lipinski definition) is 3. The first-order valence-corrected chi connectivity index (χ1v) is 9.60. The van der Waals surface area contributed by atoms with Crippen molar-refractivity contribution in [3.63, 3.8) is 0 Å². The molecule has 3 atom stereocenters. The van der Waals surface area contributed by atoms with Gasteiger partial charge in [0.15, 0.2) is 11.5 Å². The van der Waals surface area contributed by atoms with Crippen LogP contribution >= 0.6 is 0 Å². The molecule has 3 N–H and O–H groups in total. The Morgan fingerprint density at radius 3 is 2.70 bits per heavy atom. The topological polar surface area (TPSA) is 73.2 Å². The highest BCUT2D eigenvalue weighted by molar-refractivity contribution is 5.41. The highest BCUT2D eigenvalue weighted by Gasteiger charge is 2.50. The standard InChI is InChI=1S/C22H27NO4/c1-27-21-7-3-2-6-17(21)22(26)10-4-5-16-13-23(14-18(16)22)12-15-8-9-19(24)20(25)11-15/h2-3,6-9,11,16,18,24-26H,4-5,10,12-14H2,1H3. The Morgan fingerprint density at radius 1 is 1.11 bits per heavy atom. The van der Waals surface area contributed by atoms with E-state index in [0.717, 1.165) is 49.2 Å². The highest BCUT2D eigenvalue weighted by Crippen LogP contribution is 2.50. The Balaban J connectivity index is 1.57. The van der Waals surface area contributed by atoms with Crippen molar-refractivity contribution in [2.75, 3.05) is 20.2 Å². The first-order valence-electron chi connectivity index (χ1n) is 9.60. The van der Waals surface area contributed by atoms with Gasteiger partial charge in [0.2, 0.25) is 0 Å². The maximum atomic E-state index is 11.7. The van der Waals surface area contributed by atoms with Gasteiger partial charge in [-0.15, -0.1) is 0 Å². The molecule has 2 aromatic carbocycles. The minimum absolute atomic E-state index is 0.0883. The third kappa shape index (κ3) is 3.26. The minimum atomic E-state index is -0.874. The minimum Gasteiger partial charge on any atom is -0.504 e. The second kappa shape index (κ2) is 7.06. The number of aromatic hydroxyl groups is 2. The van der Waals surface area contributed by atoms with E-state index in [1.165, 1.54) is 6.07 Å². The van der Waals surface area contributed by atoms with Crippen molar-refractivity contribution in [1.82, 2.24) is 4.90 Å². The van der Waals surface area contributed by atoms with E-state index < -0.39 is 5.60 Å². The van der Waals surface area contributed by atoms with E-state index in [1.807, 2.05) is 30.3 Å². The lowest BCUT2D eigenvalue weighted by Gasteiger charge is -2.42. The quantitative estimate of drug-likeness (QED) is 0.722. The second-order valence-electron chi connectivity index (χ2n) is 7.90. The number of benzene rings is 2. The zero-order valence-electron chi connectivity index (χ0n) is 15.6. The van der Waals surface area contributed by atoms with Gasteiger partial charge in [0.1, 0.15) is 5.75 Å². The SMILES string of the molecule is COc1ccccc1C1(O)CCCC2CN(Cc3ccc(O)c(O)c3)CC21. The number of hydrogen-bond acceptors (Lipinski definition) is 5. The van der Waals surface area contributed by atoms with Crippen molar-refractivity contribution in [2.24, 2.45) is 11.8 Å². The van der Waals surface area contributed by atoms with Crippen molar-refractivity contribution in [3.8, 4) is 17.2 Å². The molecule has 1 saturated heterocycles. The van der Waals surface area contributed by atoms with Crippen LogP contribution in [-0.2, 0) is 12.1 Å². The molecule has 1 heterocycles. The van der Waals surface area contributed by atoms with E-state index in [1.54, 1.807) is 13.2 Å². The molecule has 27 heavy (non-hydrogen) atoms. The van der Waals surface area contributed by atoms with Crippen molar-refractivity contribution in [2.45, 2.75) is 31.4 Å². The van der Waals surface area contributed by atoms with Gasteiger partial charge in [0.05, 0.1) is 12.7 Å². The fourth-order valence-corrected chi connectivity index (χ4v) is 5.00. The van der Waals surface area contributed by atoms with Crippen molar-refractivity contribution < 1.29 is 20.1 Å². The molecule has 2 aromatic rings. The fraction of sp³-hybridized carbons (Fsp3) is 0.455. The van der Waals surface area contributed by atoms with E-state index in [0.29, 0.717) is 12.5 Å². The van der Waals surface area contributed by atoms with Gasteiger partial charge < -0.3 is 20.1 Å². The maximum Gasteiger partial charge on any atom is 0.157 e. The molecule has 0 amide bonds. The third-order valence-corrected chi connectivity index (χ3v) is 6.28. The summed E-state index contributed by atoms with van der Waals surface area (Å²) in [6, 6.07) is 12.8. The lowest BCUT2D eigenvalue weighted by molar-refractivity contribution is -0.0662. The molecule has 0 bridgehead atoms. The highest BCUT2D eigenvalue weighted by atomic mass is 16.5. The lowest BCUT2D eigenvalue weighted by atomic mass is 9.67. The average Bonchev–Trinajstić information content (AvgIpc) is 3.09. The number of nitrogens with zero attached hydrogens (tertiary/aromatic N) is 1. The number of methoxy groups -OCH3 is 1. The number of fused-ring (bicyclic) bond motifs is 1. The molecule has 4 rings (SSSR count). The van der Waals surface area contributed by atoms with Crippen LogP contribution in [0, 0.1) is 11.8 Å². The first-order chi connectivity index (χ1) is 13.0. The molecule has 144 valence electrons. The summed E-state index contributed by atoms with van der Waals surface area (Å²) < 4.78 is 5.53. The Labute approximate surface area is 159 Å². The molecular weight excluding hydrogens is 342 g/mol. The van der Waals surface area contributed by atoms with Gasteiger partial charge in [-0.25, -0.2) is 0 Å². The summed E-state index contributed by atoms with van der Waals surface area (Å²) in [4.78, 5) is 2.34. The Bertz CT molecular complexity index is 824. The predicted molar refractivity (Wildman–Crippen MR) is 103 cm³/mol. The molecule has 2 aliphatic rings. The lowest BCUT2D eigenvalue weighted by Crippen LogP contribution is -2.43. The van der Waals surface area contributed by atoms with Gasteiger partial charge in [-0.1, -0.05) is 24.3 Å². The van der Waals surface area contributed by atoms with Crippen molar-refractivity contribution in [1.29, 1.82) is 0 Å². The number of aliphatic hydroxyl groups is 1. The van der Waals surface area contributed by atoms with Crippen LogP contribution in [0.15, 0.2) is 42.5 Å². The maximum absolute atomic E-state index is 11.7. The number of para-hydroxylation sites is 1. The van der Waals surface area contributed by atoms with E-state index in [9.17, 15) is 15.3 Å². The third-order valence-electron chi connectivity index (χ3n) is 6.28. The summed E-state index contributed by atoms with van der Waals surface area (Å²) in [7, 11) is 1.65. The normalized spacial score (nSPS) is 28.1. The van der Waals surface area contributed by atoms with Gasteiger partial charge in [0.25, 0.3) is 0 Å². The number of phenols is 2. The van der Waals surface area contributed by atoms with Crippen LogP contribution in [0.5, 0.6) is 17.2 Å². The Morgan fingerprint density at radius 2 is 1.93 bits per heavy atom. The average molecular weight is 369 g/mol. The van der Waals surface area contributed by atoms with Crippen LogP contribution < -0.4 is 4.74 Å². The number of rotatable bonds is 4. The smallest absolute Gasteiger partial charge is 0.157 e. The van der Waals surface area contributed by atoms with Gasteiger partial charge in [0, 0.05) is 31.1 Å². The van der Waals surface area contributed by atoms with Crippen LogP contribution in [0.4, 0.5) is 0 Å². The van der Waals surface area contributed by atoms with E-state index in [-0.39, 0.29) is 17.4 Å². The van der Waals surface area contributed by atoms with E-state index >= 15 is 0 Å². The number of ether oxygens (including phenoxy) is 1. The van der Waals surface area contributed by atoms with Crippen LogP contribution in [0.1, 0.15) is 30.4 Å². The van der Waals surface area contributed by atoms with Gasteiger partial charge in [-0.2, -0.15) is 0 Å². The first kappa shape index (κ1) is 18.1. The summed E-state index contributed by atoms with van der Waals surface area (Å²) in [5.74, 6) is 1.17. The van der Waals surface area contributed by atoms with Gasteiger partial charge in [-0.3, -0.25) is 4.90 Å². The summed E-state index contributed by atoms with van der Waals surface area (Å²) in [5.41, 5.74) is 0.984.